The average Bonchev–Trinajstić information content (AvgIpc) is 2.09. The second-order valence-corrected chi connectivity index (χ2v) is 3.65. The Balaban J connectivity index is 2.68. The summed E-state index contributed by atoms with van der Waals surface area (Å²) in [4.78, 5) is 0. The first-order valence-electron chi connectivity index (χ1n) is 4.04. The second kappa shape index (κ2) is 2.70. The second-order valence-electron chi connectivity index (χ2n) is 3.65. The molecule has 1 N–H and O–H groups in total. The zero-order valence-electron chi connectivity index (χ0n) is 7.08. The highest BCUT2D eigenvalue weighted by molar-refractivity contribution is 4.95. The van der Waals surface area contributed by atoms with Crippen molar-refractivity contribution in [2.24, 2.45) is 5.41 Å². The Morgan fingerprint density at radius 1 is 1.36 bits per heavy atom. The summed E-state index contributed by atoms with van der Waals surface area (Å²) < 4.78 is 26.3. The van der Waals surface area contributed by atoms with E-state index in [4.69, 9.17) is 0 Å². The van der Waals surface area contributed by atoms with Gasteiger partial charge in [0, 0.05) is 18.4 Å². The van der Waals surface area contributed by atoms with E-state index in [2.05, 4.69) is 5.32 Å². The van der Waals surface area contributed by atoms with Gasteiger partial charge in [0.25, 0.3) is 5.92 Å². The van der Waals surface area contributed by atoms with Crippen LogP contribution in [0, 0.1) is 5.41 Å². The lowest BCUT2D eigenvalue weighted by molar-refractivity contribution is -0.0876. The van der Waals surface area contributed by atoms with E-state index in [-0.39, 0.29) is 6.42 Å². The maximum atomic E-state index is 13.1. The Kier molecular flexibility index (Phi) is 2.19. The van der Waals surface area contributed by atoms with Crippen molar-refractivity contribution in [2.75, 3.05) is 13.6 Å². The number of halogens is 2. The summed E-state index contributed by atoms with van der Waals surface area (Å²) in [7, 11) is 1.72. The fraction of sp³-hybridized carbons (Fsp3) is 1.00. The first kappa shape index (κ1) is 8.91. The molecule has 1 nitrogen and oxygen atoms in total. The van der Waals surface area contributed by atoms with Crippen LogP contribution in [-0.2, 0) is 0 Å². The van der Waals surface area contributed by atoms with Crippen LogP contribution in [0.1, 0.15) is 26.2 Å². The van der Waals surface area contributed by atoms with Crippen molar-refractivity contribution in [2.45, 2.75) is 32.1 Å². The number of hydrogen-bond acceptors (Lipinski definition) is 1. The van der Waals surface area contributed by atoms with Crippen molar-refractivity contribution in [3.05, 3.63) is 0 Å². The molecule has 0 aliphatic heterocycles. The van der Waals surface area contributed by atoms with Gasteiger partial charge in [-0.2, -0.15) is 0 Å². The first-order chi connectivity index (χ1) is 5.02. The Labute approximate surface area is 66.2 Å². The Hall–Kier alpha value is -0.180. The molecule has 0 aromatic carbocycles. The monoisotopic (exact) mass is 163 g/mol. The number of nitrogens with one attached hydrogen (secondary N) is 1. The smallest absolute Gasteiger partial charge is 0.254 e. The standard InChI is InChI=1S/C8H15F2N/c1-7(6-11-2)4-3-5-8(7,9)10/h11H,3-6H2,1-2H3/t7-/m0/s1. The Bertz CT molecular complexity index is 147. The minimum Gasteiger partial charge on any atom is -0.319 e. The minimum atomic E-state index is -2.46. The molecule has 1 rings (SSSR count). The third-order valence-electron chi connectivity index (χ3n) is 2.67. The summed E-state index contributed by atoms with van der Waals surface area (Å²) in [5, 5.41) is 2.83. The van der Waals surface area contributed by atoms with E-state index < -0.39 is 11.3 Å². The summed E-state index contributed by atoms with van der Waals surface area (Å²) in [5.74, 6) is -2.46. The third kappa shape index (κ3) is 1.39. The van der Waals surface area contributed by atoms with Gasteiger partial charge in [0.1, 0.15) is 0 Å². The predicted octanol–water partition coefficient (Wildman–Crippen LogP) is 2.03. The van der Waals surface area contributed by atoms with Crippen LogP contribution in [-0.4, -0.2) is 19.5 Å². The molecule has 0 bridgehead atoms. The van der Waals surface area contributed by atoms with E-state index in [1.54, 1.807) is 14.0 Å². The molecule has 1 aliphatic rings. The molecule has 0 amide bonds. The van der Waals surface area contributed by atoms with Crippen LogP contribution in [0.2, 0.25) is 0 Å². The lowest BCUT2D eigenvalue weighted by atomic mass is 9.86. The third-order valence-corrected chi connectivity index (χ3v) is 2.67. The quantitative estimate of drug-likeness (QED) is 0.656. The molecule has 0 saturated heterocycles. The van der Waals surface area contributed by atoms with Crippen LogP contribution < -0.4 is 5.32 Å². The van der Waals surface area contributed by atoms with Crippen LogP contribution in [0.3, 0.4) is 0 Å². The molecule has 0 aromatic heterocycles. The van der Waals surface area contributed by atoms with Crippen LogP contribution in [0.5, 0.6) is 0 Å². The highest BCUT2D eigenvalue weighted by atomic mass is 19.3. The van der Waals surface area contributed by atoms with Crippen molar-refractivity contribution < 1.29 is 8.78 Å². The fourth-order valence-electron chi connectivity index (χ4n) is 1.79. The lowest BCUT2D eigenvalue weighted by Crippen LogP contribution is -2.41. The largest absolute Gasteiger partial charge is 0.319 e. The molecule has 11 heavy (non-hydrogen) atoms. The molecule has 0 radical (unpaired) electrons. The molecule has 0 aromatic rings. The summed E-state index contributed by atoms with van der Waals surface area (Å²) >= 11 is 0. The number of hydrogen-bond donors (Lipinski definition) is 1. The van der Waals surface area contributed by atoms with E-state index in [1.807, 2.05) is 0 Å². The molecule has 1 fully saturated rings. The van der Waals surface area contributed by atoms with Crippen molar-refractivity contribution >= 4 is 0 Å². The lowest BCUT2D eigenvalue weighted by Gasteiger charge is -2.30. The van der Waals surface area contributed by atoms with Crippen LogP contribution in [0.4, 0.5) is 8.78 Å². The molecule has 0 spiro atoms. The molecule has 0 heterocycles. The molecule has 1 atom stereocenters. The SMILES string of the molecule is CNC[C@]1(C)CCCC1(F)F. The zero-order valence-corrected chi connectivity index (χ0v) is 7.08. The molecule has 1 saturated carbocycles. The normalized spacial score (nSPS) is 36.0. The van der Waals surface area contributed by atoms with E-state index in [0.29, 0.717) is 19.4 Å². The number of alkyl halides is 2. The van der Waals surface area contributed by atoms with E-state index in [9.17, 15) is 8.78 Å². The van der Waals surface area contributed by atoms with Crippen molar-refractivity contribution in [1.82, 2.24) is 5.32 Å². The Morgan fingerprint density at radius 2 is 2.00 bits per heavy atom. The van der Waals surface area contributed by atoms with Crippen LogP contribution in [0.25, 0.3) is 0 Å². The van der Waals surface area contributed by atoms with Gasteiger partial charge >= 0.3 is 0 Å². The zero-order chi connectivity index (χ0) is 8.54. The van der Waals surface area contributed by atoms with Crippen molar-refractivity contribution in [3.63, 3.8) is 0 Å². The maximum Gasteiger partial charge on any atom is 0.254 e. The van der Waals surface area contributed by atoms with Gasteiger partial charge < -0.3 is 5.32 Å². The van der Waals surface area contributed by atoms with Gasteiger partial charge in [0.15, 0.2) is 0 Å². The van der Waals surface area contributed by atoms with Gasteiger partial charge in [0.05, 0.1) is 0 Å². The van der Waals surface area contributed by atoms with Crippen LogP contribution >= 0.6 is 0 Å². The molecule has 3 heteroatoms. The van der Waals surface area contributed by atoms with E-state index >= 15 is 0 Å². The van der Waals surface area contributed by atoms with Gasteiger partial charge in [-0.15, -0.1) is 0 Å². The molecule has 66 valence electrons. The van der Waals surface area contributed by atoms with Crippen LogP contribution in [0.15, 0.2) is 0 Å². The highest BCUT2D eigenvalue weighted by Gasteiger charge is 2.52. The summed E-state index contributed by atoms with van der Waals surface area (Å²) in [6.07, 6.45) is 1.36. The molecular formula is C8H15F2N. The fourth-order valence-corrected chi connectivity index (χ4v) is 1.79. The summed E-state index contributed by atoms with van der Waals surface area (Å²) in [6, 6.07) is 0. The molecule has 1 aliphatic carbocycles. The summed E-state index contributed by atoms with van der Waals surface area (Å²) in [6.45, 7) is 2.08. The minimum absolute atomic E-state index is 0.0607. The predicted molar refractivity (Wildman–Crippen MR) is 40.8 cm³/mol. The van der Waals surface area contributed by atoms with E-state index in [1.165, 1.54) is 0 Å². The first-order valence-corrected chi connectivity index (χ1v) is 4.04. The molecule has 0 unspecified atom stereocenters. The van der Waals surface area contributed by atoms with Gasteiger partial charge in [-0.3, -0.25) is 0 Å². The number of rotatable bonds is 2. The van der Waals surface area contributed by atoms with Gasteiger partial charge in [-0.1, -0.05) is 6.92 Å². The van der Waals surface area contributed by atoms with Gasteiger partial charge in [0.2, 0.25) is 0 Å². The van der Waals surface area contributed by atoms with E-state index in [0.717, 1.165) is 0 Å². The topological polar surface area (TPSA) is 12.0 Å². The Morgan fingerprint density at radius 3 is 2.36 bits per heavy atom. The van der Waals surface area contributed by atoms with Gasteiger partial charge in [-0.25, -0.2) is 8.78 Å². The highest BCUT2D eigenvalue weighted by Crippen LogP contribution is 2.49. The molecular weight excluding hydrogens is 148 g/mol. The summed E-state index contributed by atoms with van der Waals surface area (Å²) in [5.41, 5.74) is -0.804. The average molecular weight is 163 g/mol. The van der Waals surface area contributed by atoms with Crippen molar-refractivity contribution in [3.8, 4) is 0 Å². The van der Waals surface area contributed by atoms with Gasteiger partial charge in [-0.05, 0) is 19.9 Å². The van der Waals surface area contributed by atoms with Crippen molar-refractivity contribution in [1.29, 1.82) is 0 Å². The maximum absolute atomic E-state index is 13.1.